The van der Waals surface area contributed by atoms with E-state index in [0.29, 0.717) is 0 Å². The standard InChI is InChI=1S/C16H13ClN2/c1-9-5-14-15(6-10(9)2)19-8-11-7-12(17)3-4-13(11)16(19)18-14/h3-7H,8H2,1-2H3. The average molecular weight is 269 g/mol. The fraction of sp³-hybridized carbons (Fsp3) is 0.188. The number of fused-ring (bicyclic) bond motifs is 5. The Kier molecular flexibility index (Phi) is 2.10. The van der Waals surface area contributed by atoms with Crippen LogP contribution in [0.5, 0.6) is 0 Å². The predicted molar refractivity (Wildman–Crippen MR) is 78.8 cm³/mol. The molecule has 0 N–H and O–H groups in total. The van der Waals surface area contributed by atoms with Gasteiger partial charge in [-0.25, -0.2) is 4.98 Å². The highest BCUT2D eigenvalue weighted by atomic mass is 35.5. The fourth-order valence-electron chi connectivity index (χ4n) is 2.83. The van der Waals surface area contributed by atoms with Crippen molar-refractivity contribution in [1.82, 2.24) is 9.55 Å². The minimum absolute atomic E-state index is 0.792. The number of imidazole rings is 1. The van der Waals surface area contributed by atoms with Crippen LogP contribution in [-0.4, -0.2) is 9.55 Å². The van der Waals surface area contributed by atoms with Gasteiger partial charge in [-0.3, -0.25) is 0 Å². The fourth-order valence-corrected chi connectivity index (χ4v) is 3.02. The lowest BCUT2D eigenvalue weighted by atomic mass is 10.1. The van der Waals surface area contributed by atoms with E-state index in [-0.39, 0.29) is 0 Å². The van der Waals surface area contributed by atoms with Crippen LogP contribution in [0.25, 0.3) is 22.4 Å². The number of hydrogen-bond donors (Lipinski definition) is 0. The van der Waals surface area contributed by atoms with Crippen LogP contribution in [0.2, 0.25) is 5.02 Å². The second-order valence-corrected chi connectivity index (χ2v) is 5.68. The number of benzene rings is 2. The molecule has 2 aromatic carbocycles. The Morgan fingerprint density at radius 2 is 1.89 bits per heavy atom. The summed E-state index contributed by atoms with van der Waals surface area (Å²) < 4.78 is 2.28. The number of halogens is 1. The summed E-state index contributed by atoms with van der Waals surface area (Å²) in [7, 11) is 0. The molecule has 0 saturated carbocycles. The molecule has 0 atom stereocenters. The second kappa shape index (κ2) is 3.61. The van der Waals surface area contributed by atoms with Gasteiger partial charge in [0.15, 0.2) is 0 Å². The van der Waals surface area contributed by atoms with E-state index >= 15 is 0 Å². The lowest BCUT2D eigenvalue weighted by molar-refractivity contribution is 0.878. The summed E-state index contributed by atoms with van der Waals surface area (Å²) >= 11 is 6.07. The van der Waals surface area contributed by atoms with E-state index in [1.165, 1.54) is 27.8 Å². The Balaban J connectivity index is 2.04. The molecular weight excluding hydrogens is 256 g/mol. The first-order valence-electron chi connectivity index (χ1n) is 6.40. The lowest BCUT2D eigenvalue weighted by Gasteiger charge is -2.03. The molecule has 0 spiro atoms. The van der Waals surface area contributed by atoms with Gasteiger partial charge in [-0.15, -0.1) is 0 Å². The van der Waals surface area contributed by atoms with Gasteiger partial charge >= 0.3 is 0 Å². The molecule has 0 unspecified atom stereocenters. The molecule has 2 heterocycles. The first-order valence-corrected chi connectivity index (χ1v) is 6.77. The van der Waals surface area contributed by atoms with Crippen LogP contribution in [0.3, 0.4) is 0 Å². The average Bonchev–Trinajstić information content (AvgIpc) is 2.86. The molecule has 3 heteroatoms. The molecule has 2 nitrogen and oxygen atoms in total. The van der Waals surface area contributed by atoms with Crippen LogP contribution >= 0.6 is 11.6 Å². The normalized spacial score (nSPS) is 12.8. The van der Waals surface area contributed by atoms with Crippen molar-refractivity contribution in [3.05, 3.63) is 52.0 Å². The predicted octanol–water partition coefficient (Wildman–Crippen LogP) is 4.34. The topological polar surface area (TPSA) is 17.8 Å². The maximum atomic E-state index is 6.07. The third-order valence-corrected chi connectivity index (χ3v) is 4.24. The van der Waals surface area contributed by atoms with Crippen LogP contribution < -0.4 is 0 Å². The van der Waals surface area contributed by atoms with Gasteiger partial charge in [-0.1, -0.05) is 11.6 Å². The summed E-state index contributed by atoms with van der Waals surface area (Å²) in [6, 6.07) is 10.5. The molecule has 0 fully saturated rings. The molecule has 94 valence electrons. The van der Waals surface area contributed by atoms with E-state index in [2.05, 4.69) is 36.6 Å². The second-order valence-electron chi connectivity index (χ2n) is 5.25. The SMILES string of the molecule is Cc1cc2nc3n(c2cc1C)Cc1cc(Cl)ccc1-3. The Bertz CT molecular complexity index is 830. The quantitative estimate of drug-likeness (QED) is 0.464. The van der Waals surface area contributed by atoms with Crippen molar-refractivity contribution in [2.45, 2.75) is 20.4 Å². The molecule has 19 heavy (non-hydrogen) atoms. The van der Waals surface area contributed by atoms with Gasteiger partial charge in [0.05, 0.1) is 17.6 Å². The molecule has 1 aliphatic heterocycles. The molecule has 0 aliphatic carbocycles. The Morgan fingerprint density at radius 3 is 2.74 bits per heavy atom. The smallest absolute Gasteiger partial charge is 0.141 e. The highest BCUT2D eigenvalue weighted by Crippen LogP contribution is 2.36. The van der Waals surface area contributed by atoms with E-state index in [1.54, 1.807) is 0 Å². The van der Waals surface area contributed by atoms with Gasteiger partial charge in [-0.05, 0) is 60.9 Å². The van der Waals surface area contributed by atoms with Crippen molar-refractivity contribution in [3.8, 4) is 11.4 Å². The van der Waals surface area contributed by atoms with E-state index in [1.807, 2.05) is 12.1 Å². The van der Waals surface area contributed by atoms with Crippen molar-refractivity contribution in [2.24, 2.45) is 0 Å². The summed E-state index contributed by atoms with van der Waals surface area (Å²) in [6.45, 7) is 5.14. The van der Waals surface area contributed by atoms with Crippen LogP contribution in [0, 0.1) is 13.8 Å². The minimum atomic E-state index is 0.792. The van der Waals surface area contributed by atoms with Crippen LogP contribution in [0.1, 0.15) is 16.7 Å². The van der Waals surface area contributed by atoms with Gasteiger partial charge in [0.1, 0.15) is 5.82 Å². The molecular formula is C16H13ClN2. The zero-order chi connectivity index (χ0) is 13.1. The first kappa shape index (κ1) is 11.1. The third kappa shape index (κ3) is 1.47. The molecule has 0 amide bonds. The van der Waals surface area contributed by atoms with E-state index in [4.69, 9.17) is 16.6 Å². The summed E-state index contributed by atoms with van der Waals surface area (Å²) in [6.07, 6.45) is 0. The summed E-state index contributed by atoms with van der Waals surface area (Å²) in [5.41, 5.74) is 7.36. The van der Waals surface area contributed by atoms with Crippen molar-refractivity contribution < 1.29 is 0 Å². The van der Waals surface area contributed by atoms with Crippen molar-refractivity contribution in [3.63, 3.8) is 0 Å². The zero-order valence-corrected chi connectivity index (χ0v) is 11.6. The van der Waals surface area contributed by atoms with Gasteiger partial charge in [0.2, 0.25) is 0 Å². The van der Waals surface area contributed by atoms with Gasteiger partial charge in [-0.2, -0.15) is 0 Å². The van der Waals surface area contributed by atoms with Gasteiger partial charge in [0, 0.05) is 10.6 Å². The molecule has 1 aliphatic rings. The van der Waals surface area contributed by atoms with Gasteiger partial charge < -0.3 is 4.57 Å². The molecule has 0 radical (unpaired) electrons. The monoisotopic (exact) mass is 268 g/mol. The largest absolute Gasteiger partial charge is 0.319 e. The van der Waals surface area contributed by atoms with Crippen molar-refractivity contribution in [2.75, 3.05) is 0 Å². The van der Waals surface area contributed by atoms with E-state index in [0.717, 1.165) is 22.9 Å². The highest BCUT2D eigenvalue weighted by molar-refractivity contribution is 6.30. The Hall–Kier alpha value is -1.80. The molecule has 0 bridgehead atoms. The number of rotatable bonds is 0. The van der Waals surface area contributed by atoms with Crippen LogP contribution in [-0.2, 0) is 6.54 Å². The first-order chi connectivity index (χ1) is 9.13. The maximum Gasteiger partial charge on any atom is 0.141 e. The number of aromatic nitrogens is 2. The zero-order valence-electron chi connectivity index (χ0n) is 10.9. The maximum absolute atomic E-state index is 6.07. The highest BCUT2D eigenvalue weighted by Gasteiger charge is 2.22. The molecule has 4 rings (SSSR count). The van der Waals surface area contributed by atoms with E-state index in [9.17, 15) is 0 Å². The van der Waals surface area contributed by atoms with Crippen LogP contribution in [0.4, 0.5) is 0 Å². The Labute approximate surface area is 116 Å². The Morgan fingerprint density at radius 1 is 1.11 bits per heavy atom. The van der Waals surface area contributed by atoms with Crippen molar-refractivity contribution in [1.29, 1.82) is 0 Å². The lowest BCUT2D eigenvalue weighted by Crippen LogP contribution is -1.93. The molecule has 3 aromatic rings. The summed E-state index contributed by atoms with van der Waals surface area (Å²) in [4.78, 5) is 4.79. The number of nitrogens with zero attached hydrogens (tertiary/aromatic N) is 2. The van der Waals surface area contributed by atoms with Gasteiger partial charge in [0.25, 0.3) is 0 Å². The third-order valence-electron chi connectivity index (χ3n) is 4.00. The summed E-state index contributed by atoms with van der Waals surface area (Å²) in [5.74, 6) is 1.06. The number of aryl methyl sites for hydroxylation is 2. The van der Waals surface area contributed by atoms with E-state index < -0.39 is 0 Å². The minimum Gasteiger partial charge on any atom is -0.319 e. The summed E-state index contributed by atoms with van der Waals surface area (Å²) in [5, 5.41) is 0.792. The van der Waals surface area contributed by atoms with Crippen molar-refractivity contribution >= 4 is 22.6 Å². The number of hydrogen-bond acceptors (Lipinski definition) is 1. The van der Waals surface area contributed by atoms with Crippen LogP contribution in [0.15, 0.2) is 30.3 Å². The molecule has 1 aromatic heterocycles. The molecule has 0 saturated heterocycles.